The molecule has 0 fully saturated rings. The third-order valence-corrected chi connectivity index (χ3v) is 7.48. The second kappa shape index (κ2) is 7.94. The molecule has 0 aliphatic carbocycles. The summed E-state index contributed by atoms with van der Waals surface area (Å²) in [6, 6.07) is 28.9. The fourth-order valence-electron chi connectivity index (χ4n) is 5.75. The first-order valence-electron chi connectivity index (χ1n) is 12.7. The van der Waals surface area contributed by atoms with Crippen LogP contribution < -0.4 is 0 Å². The Morgan fingerprint density at radius 3 is 1.38 bits per heavy atom. The summed E-state index contributed by atoms with van der Waals surface area (Å²) in [4.78, 5) is 4.75. The highest BCUT2D eigenvalue weighted by atomic mass is 15.0. The zero-order chi connectivity index (χ0) is 25.3. The smallest absolute Gasteiger partial charge is 0.0666 e. The lowest BCUT2D eigenvalue weighted by molar-refractivity contribution is 1.09. The van der Waals surface area contributed by atoms with Crippen molar-refractivity contribution in [3.63, 3.8) is 0 Å². The molecule has 37 heavy (non-hydrogen) atoms. The van der Waals surface area contributed by atoms with Gasteiger partial charge in [-0.25, -0.2) is 0 Å². The van der Waals surface area contributed by atoms with Crippen LogP contribution in [-0.2, 0) is 0 Å². The summed E-state index contributed by atoms with van der Waals surface area (Å²) >= 11 is 0. The third-order valence-electron chi connectivity index (χ3n) is 7.48. The Bertz CT molecular complexity index is 1980. The van der Waals surface area contributed by atoms with Gasteiger partial charge >= 0.3 is 0 Å². The fraction of sp³-hybridized carbons (Fsp3) is 0.0882. The number of fused-ring (bicyclic) bond motifs is 6. The van der Waals surface area contributed by atoms with Crippen molar-refractivity contribution in [3.8, 4) is 11.4 Å². The van der Waals surface area contributed by atoms with Gasteiger partial charge < -0.3 is 9.13 Å². The zero-order valence-electron chi connectivity index (χ0n) is 21.3. The molecule has 178 valence electrons. The molecule has 3 nitrogen and oxygen atoms in total. The molecule has 0 amide bonds. The van der Waals surface area contributed by atoms with Crippen molar-refractivity contribution in [3.05, 3.63) is 120 Å². The molecule has 0 aliphatic rings. The van der Waals surface area contributed by atoms with Gasteiger partial charge in [-0.1, -0.05) is 53.6 Å². The van der Waals surface area contributed by atoms with E-state index in [9.17, 15) is 0 Å². The quantitative estimate of drug-likeness (QED) is 0.249. The lowest BCUT2D eigenvalue weighted by atomic mass is 10.1. The number of aryl methyl sites for hydroxylation is 3. The molecule has 0 atom stereocenters. The summed E-state index contributed by atoms with van der Waals surface area (Å²) in [7, 11) is 0. The standard InChI is InChI=1S/C34H27N3/c1-5-24-9-13-34-30(17-24)29-16-23(4)8-12-33(29)37(34)26-18-25(19-35-20-26)36-31-10-6-21(2)14-27(31)28-15-22(3)7-11-32(28)36/h5-20H,1H2,2-4H3. The van der Waals surface area contributed by atoms with Gasteiger partial charge in [-0.2, -0.15) is 0 Å². The largest absolute Gasteiger partial charge is 0.308 e. The number of nitrogens with zero attached hydrogens (tertiary/aromatic N) is 3. The molecule has 0 spiro atoms. The lowest BCUT2D eigenvalue weighted by Crippen LogP contribution is -2.00. The van der Waals surface area contributed by atoms with E-state index in [0.29, 0.717) is 0 Å². The van der Waals surface area contributed by atoms with Crippen LogP contribution in [0.3, 0.4) is 0 Å². The van der Waals surface area contributed by atoms with E-state index in [1.54, 1.807) is 0 Å². The van der Waals surface area contributed by atoms with Crippen molar-refractivity contribution in [1.29, 1.82) is 0 Å². The average Bonchev–Trinajstić information content (AvgIpc) is 3.40. The molecule has 0 radical (unpaired) electrons. The first-order chi connectivity index (χ1) is 18.0. The minimum atomic E-state index is 1.04. The maximum absolute atomic E-state index is 4.75. The summed E-state index contributed by atoms with van der Waals surface area (Å²) in [5.41, 5.74) is 11.7. The number of hydrogen-bond donors (Lipinski definition) is 0. The Morgan fingerprint density at radius 2 is 0.946 bits per heavy atom. The zero-order valence-corrected chi connectivity index (χ0v) is 21.3. The number of rotatable bonds is 3. The number of benzene rings is 4. The first-order valence-corrected chi connectivity index (χ1v) is 12.7. The van der Waals surface area contributed by atoms with Crippen molar-refractivity contribution in [2.45, 2.75) is 20.8 Å². The van der Waals surface area contributed by atoms with Crippen LogP contribution >= 0.6 is 0 Å². The van der Waals surface area contributed by atoms with Gasteiger partial charge in [0.1, 0.15) is 0 Å². The Morgan fingerprint density at radius 1 is 0.541 bits per heavy atom. The van der Waals surface area contributed by atoms with E-state index in [4.69, 9.17) is 4.98 Å². The van der Waals surface area contributed by atoms with E-state index < -0.39 is 0 Å². The number of hydrogen-bond acceptors (Lipinski definition) is 1. The third kappa shape index (κ3) is 3.24. The van der Waals surface area contributed by atoms with E-state index in [0.717, 1.165) is 16.9 Å². The normalized spacial score (nSPS) is 11.8. The summed E-state index contributed by atoms with van der Waals surface area (Å²) in [6.07, 6.45) is 5.84. The number of pyridine rings is 1. The van der Waals surface area contributed by atoms with Gasteiger partial charge in [0.15, 0.2) is 0 Å². The summed E-state index contributed by atoms with van der Waals surface area (Å²) < 4.78 is 4.67. The molecule has 0 aliphatic heterocycles. The molecule has 0 saturated carbocycles. The first kappa shape index (κ1) is 21.6. The summed E-state index contributed by atoms with van der Waals surface area (Å²) in [5, 5.41) is 5.01. The van der Waals surface area contributed by atoms with Crippen molar-refractivity contribution >= 4 is 49.7 Å². The maximum atomic E-state index is 4.75. The van der Waals surface area contributed by atoms with Crippen molar-refractivity contribution in [1.82, 2.24) is 14.1 Å². The van der Waals surface area contributed by atoms with Gasteiger partial charge in [-0.15, -0.1) is 0 Å². The van der Waals surface area contributed by atoms with Crippen molar-refractivity contribution in [2.75, 3.05) is 0 Å². The van der Waals surface area contributed by atoms with E-state index in [-0.39, 0.29) is 0 Å². The molecule has 0 unspecified atom stereocenters. The predicted molar refractivity (Wildman–Crippen MR) is 157 cm³/mol. The van der Waals surface area contributed by atoms with Gasteiger partial charge in [-0.3, -0.25) is 4.98 Å². The monoisotopic (exact) mass is 477 g/mol. The average molecular weight is 478 g/mol. The Labute approximate surface area is 215 Å². The van der Waals surface area contributed by atoms with Crippen LogP contribution in [0.25, 0.3) is 61.1 Å². The van der Waals surface area contributed by atoms with E-state index >= 15 is 0 Å². The molecule has 7 rings (SSSR count). The second-order valence-corrected chi connectivity index (χ2v) is 10.1. The van der Waals surface area contributed by atoms with Gasteiger partial charge in [0.25, 0.3) is 0 Å². The van der Waals surface area contributed by atoms with Crippen LogP contribution in [0.2, 0.25) is 0 Å². The Balaban J connectivity index is 1.54. The molecule has 3 heterocycles. The van der Waals surface area contributed by atoms with Crippen LogP contribution in [0.4, 0.5) is 0 Å². The van der Waals surface area contributed by atoms with Crippen LogP contribution in [0.5, 0.6) is 0 Å². The molecule has 7 aromatic rings. The summed E-state index contributed by atoms with van der Waals surface area (Å²) in [5.74, 6) is 0. The van der Waals surface area contributed by atoms with Gasteiger partial charge in [0.2, 0.25) is 0 Å². The van der Waals surface area contributed by atoms with E-state index in [2.05, 4.69) is 115 Å². The van der Waals surface area contributed by atoms with Crippen molar-refractivity contribution < 1.29 is 0 Å². The second-order valence-electron chi connectivity index (χ2n) is 10.1. The van der Waals surface area contributed by atoms with E-state index in [1.807, 2.05) is 18.5 Å². The summed E-state index contributed by atoms with van der Waals surface area (Å²) in [6.45, 7) is 10.4. The topological polar surface area (TPSA) is 22.8 Å². The van der Waals surface area contributed by atoms with E-state index in [1.165, 1.54) is 60.3 Å². The lowest BCUT2D eigenvalue weighted by Gasteiger charge is -2.12. The molecule has 0 bridgehead atoms. The van der Waals surface area contributed by atoms with Crippen LogP contribution in [0.1, 0.15) is 22.3 Å². The van der Waals surface area contributed by atoms with Crippen LogP contribution in [-0.4, -0.2) is 14.1 Å². The van der Waals surface area contributed by atoms with Gasteiger partial charge in [-0.05, 0) is 80.9 Å². The van der Waals surface area contributed by atoms with Crippen LogP contribution in [0, 0.1) is 20.8 Å². The van der Waals surface area contributed by atoms with Gasteiger partial charge in [0, 0.05) is 21.5 Å². The number of aromatic nitrogens is 3. The minimum absolute atomic E-state index is 1.04. The maximum Gasteiger partial charge on any atom is 0.0666 e. The van der Waals surface area contributed by atoms with Crippen LogP contribution in [0.15, 0.2) is 97.8 Å². The Kier molecular flexibility index (Phi) is 4.64. The Hall–Kier alpha value is -4.63. The molecule has 0 N–H and O–H groups in total. The van der Waals surface area contributed by atoms with Gasteiger partial charge in [0.05, 0.1) is 45.8 Å². The molecule has 3 heteroatoms. The highest BCUT2D eigenvalue weighted by Gasteiger charge is 2.16. The molecule has 3 aromatic heterocycles. The highest BCUT2D eigenvalue weighted by molar-refractivity contribution is 6.11. The van der Waals surface area contributed by atoms with Crippen molar-refractivity contribution in [2.24, 2.45) is 0 Å². The molecule has 0 saturated heterocycles. The molecular formula is C34H27N3. The SMILES string of the molecule is C=Cc1ccc2c(c1)c1cc(C)ccc1n2-c1cncc(-n2c3ccc(C)cc3c3cc(C)ccc32)c1. The highest BCUT2D eigenvalue weighted by Crippen LogP contribution is 2.36. The molecular weight excluding hydrogens is 450 g/mol. The predicted octanol–water partition coefficient (Wildman–Crippen LogP) is 8.84. The fourth-order valence-corrected chi connectivity index (χ4v) is 5.75. The molecule has 4 aromatic carbocycles. The minimum Gasteiger partial charge on any atom is -0.308 e.